The van der Waals surface area contributed by atoms with E-state index >= 15 is 0 Å². The van der Waals surface area contributed by atoms with Crippen LogP contribution < -0.4 is 5.32 Å². The van der Waals surface area contributed by atoms with Crippen LogP contribution in [0.2, 0.25) is 5.02 Å². The van der Waals surface area contributed by atoms with Gasteiger partial charge in [0.2, 0.25) is 11.5 Å². The van der Waals surface area contributed by atoms with Gasteiger partial charge in [0, 0.05) is 31.5 Å². The molecule has 24 heavy (non-hydrogen) atoms. The molecule has 1 fully saturated rings. The number of ketones is 1. The van der Waals surface area contributed by atoms with Crippen molar-refractivity contribution in [3.8, 4) is 0 Å². The first-order valence-electron chi connectivity index (χ1n) is 7.47. The van der Waals surface area contributed by atoms with Gasteiger partial charge in [0.25, 0.3) is 5.91 Å². The zero-order valence-electron chi connectivity index (χ0n) is 13.1. The maximum atomic E-state index is 13.3. The van der Waals surface area contributed by atoms with Gasteiger partial charge < -0.3 is 15.3 Å². The van der Waals surface area contributed by atoms with E-state index in [2.05, 4.69) is 5.32 Å². The summed E-state index contributed by atoms with van der Waals surface area (Å²) in [5.41, 5.74) is -1.62. The van der Waals surface area contributed by atoms with E-state index in [1.807, 2.05) is 0 Å². The van der Waals surface area contributed by atoms with E-state index in [9.17, 15) is 23.9 Å². The maximum absolute atomic E-state index is 13.3. The summed E-state index contributed by atoms with van der Waals surface area (Å²) in [4.78, 5) is 37.0. The molecule has 0 spiro atoms. The number of benzene rings is 1. The van der Waals surface area contributed by atoms with Crippen molar-refractivity contribution in [3.05, 3.63) is 34.6 Å². The molecule has 0 saturated carbocycles. The highest BCUT2D eigenvalue weighted by molar-refractivity contribution is 6.30. The number of carbonyl (C=O) groups is 3. The molecule has 0 bridgehead atoms. The van der Waals surface area contributed by atoms with Crippen molar-refractivity contribution in [1.82, 2.24) is 10.2 Å². The van der Waals surface area contributed by atoms with Crippen LogP contribution in [-0.2, 0) is 20.8 Å². The lowest BCUT2D eigenvalue weighted by atomic mass is 9.92. The summed E-state index contributed by atoms with van der Waals surface area (Å²) in [5.74, 6) is -2.31. The van der Waals surface area contributed by atoms with E-state index in [1.165, 1.54) is 19.2 Å². The molecule has 1 saturated heterocycles. The van der Waals surface area contributed by atoms with Crippen LogP contribution in [0.5, 0.6) is 0 Å². The first-order chi connectivity index (χ1) is 11.3. The monoisotopic (exact) mass is 356 g/mol. The Hall–Kier alpha value is -1.99. The van der Waals surface area contributed by atoms with Crippen molar-refractivity contribution in [3.63, 3.8) is 0 Å². The molecule has 1 aliphatic heterocycles. The zero-order valence-corrected chi connectivity index (χ0v) is 13.9. The molecular weight excluding hydrogens is 339 g/mol. The van der Waals surface area contributed by atoms with Crippen LogP contribution in [0.1, 0.15) is 18.4 Å². The Kier molecular flexibility index (Phi) is 5.56. The molecule has 1 atom stereocenters. The molecule has 0 radical (unpaired) electrons. The van der Waals surface area contributed by atoms with Crippen LogP contribution >= 0.6 is 11.6 Å². The molecule has 0 aliphatic carbocycles. The van der Waals surface area contributed by atoms with E-state index in [-0.39, 0.29) is 43.3 Å². The number of aryl methyl sites for hydroxylation is 1. The second kappa shape index (κ2) is 7.27. The molecule has 2 rings (SSSR count). The number of hydrogen-bond acceptors (Lipinski definition) is 4. The summed E-state index contributed by atoms with van der Waals surface area (Å²) in [5, 5.41) is 13.0. The Morgan fingerprint density at radius 2 is 2.12 bits per heavy atom. The fourth-order valence-corrected chi connectivity index (χ4v) is 2.89. The predicted octanol–water partition coefficient (Wildman–Crippen LogP) is 0.690. The Morgan fingerprint density at radius 3 is 2.75 bits per heavy atom. The highest BCUT2D eigenvalue weighted by Crippen LogP contribution is 2.26. The van der Waals surface area contributed by atoms with Gasteiger partial charge in [-0.15, -0.1) is 0 Å². The lowest BCUT2D eigenvalue weighted by Gasteiger charge is -2.20. The van der Waals surface area contributed by atoms with E-state index in [0.717, 1.165) is 11.0 Å². The number of likely N-dealkylation sites (tertiary alicyclic amines) is 1. The maximum Gasteiger partial charge on any atom is 0.262 e. The second-order valence-corrected chi connectivity index (χ2v) is 6.15. The minimum atomic E-state index is -2.12. The van der Waals surface area contributed by atoms with Crippen LogP contribution in [0.15, 0.2) is 18.2 Å². The molecule has 6 nitrogen and oxygen atoms in total. The average Bonchev–Trinajstić information content (AvgIpc) is 2.81. The Bertz CT molecular complexity index is 662. The van der Waals surface area contributed by atoms with Gasteiger partial charge in [-0.1, -0.05) is 11.6 Å². The molecular formula is C16H18ClFN2O4. The van der Waals surface area contributed by atoms with Crippen LogP contribution in [0.25, 0.3) is 0 Å². The first kappa shape index (κ1) is 18.4. The number of halogens is 2. The number of rotatable bonds is 6. The van der Waals surface area contributed by atoms with E-state index in [1.54, 1.807) is 0 Å². The van der Waals surface area contributed by atoms with Gasteiger partial charge in [-0.3, -0.25) is 14.4 Å². The first-order valence-corrected chi connectivity index (χ1v) is 7.84. The Balaban J connectivity index is 2.01. The average molecular weight is 357 g/mol. The fourth-order valence-electron chi connectivity index (χ4n) is 2.65. The molecule has 2 N–H and O–H groups in total. The molecule has 1 aromatic rings. The van der Waals surface area contributed by atoms with Crippen molar-refractivity contribution in [2.24, 2.45) is 0 Å². The zero-order chi connectivity index (χ0) is 17.9. The number of nitrogens with one attached hydrogen (secondary N) is 1. The van der Waals surface area contributed by atoms with Crippen molar-refractivity contribution >= 4 is 29.2 Å². The molecule has 2 amide bonds. The SMILES string of the molecule is CNC(=O)CN1CCC(O)(C(=O)CCc2cc(F)cc(Cl)c2)C1=O. The van der Waals surface area contributed by atoms with Crippen molar-refractivity contribution < 1.29 is 23.9 Å². The quantitative estimate of drug-likeness (QED) is 0.734. The minimum Gasteiger partial charge on any atom is -0.373 e. The summed E-state index contributed by atoms with van der Waals surface area (Å²) < 4.78 is 13.3. The molecule has 8 heteroatoms. The molecule has 1 unspecified atom stereocenters. The molecule has 130 valence electrons. The fraction of sp³-hybridized carbons (Fsp3) is 0.438. The van der Waals surface area contributed by atoms with Crippen LogP contribution in [-0.4, -0.2) is 53.3 Å². The number of amides is 2. The van der Waals surface area contributed by atoms with E-state index in [0.29, 0.717) is 5.56 Å². The van der Waals surface area contributed by atoms with Crippen molar-refractivity contribution in [2.75, 3.05) is 20.1 Å². The number of nitrogens with zero attached hydrogens (tertiary/aromatic N) is 1. The van der Waals surface area contributed by atoms with Gasteiger partial charge in [0.1, 0.15) is 5.82 Å². The number of carbonyl (C=O) groups excluding carboxylic acids is 3. The topological polar surface area (TPSA) is 86.7 Å². The lowest BCUT2D eigenvalue weighted by Crippen LogP contribution is -2.48. The summed E-state index contributed by atoms with van der Waals surface area (Å²) in [6.07, 6.45) is -0.0389. The van der Waals surface area contributed by atoms with Crippen molar-refractivity contribution in [2.45, 2.75) is 24.9 Å². The van der Waals surface area contributed by atoms with Gasteiger partial charge in [-0.2, -0.15) is 0 Å². The standard InChI is InChI=1S/C16H18ClFN2O4/c1-19-14(22)9-20-5-4-16(24,15(20)23)13(21)3-2-10-6-11(17)8-12(18)7-10/h6-8,24H,2-5,9H2,1H3,(H,19,22). The highest BCUT2D eigenvalue weighted by Gasteiger charge is 2.50. The van der Waals surface area contributed by atoms with E-state index < -0.39 is 23.1 Å². The van der Waals surface area contributed by atoms with Gasteiger partial charge in [0.15, 0.2) is 5.78 Å². The number of hydrogen-bond donors (Lipinski definition) is 2. The van der Waals surface area contributed by atoms with Gasteiger partial charge in [-0.05, 0) is 30.2 Å². The van der Waals surface area contributed by atoms with Crippen molar-refractivity contribution in [1.29, 1.82) is 0 Å². The molecule has 0 aromatic heterocycles. The third-order valence-corrected chi connectivity index (χ3v) is 4.24. The number of aliphatic hydroxyl groups is 1. The normalized spacial score (nSPS) is 20.3. The molecule has 1 heterocycles. The summed E-state index contributed by atoms with van der Waals surface area (Å²) in [6.45, 7) is -0.0787. The number of likely N-dealkylation sites (N-methyl/N-ethyl adjacent to an activating group) is 1. The van der Waals surface area contributed by atoms with Gasteiger partial charge >= 0.3 is 0 Å². The van der Waals surface area contributed by atoms with Crippen LogP contribution in [0.4, 0.5) is 4.39 Å². The minimum absolute atomic E-state index is 0.0639. The van der Waals surface area contributed by atoms with Crippen LogP contribution in [0, 0.1) is 5.82 Å². The predicted molar refractivity (Wildman–Crippen MR) is 85.0 cm³/mol. The van der Waals surface area contributed by atoms with Crippen LogP contribution in [0.3, 0.4) is 0 Å². The third kappa shape index (κ3) is 3.91. The van der Waals surface area contributed by atoms with Gasteiger partial charge in [-0.25, -0.2) is 4.39 Å². The molecule has 1 aliphatic rings. The second-order valence-electron chi connectivity index (χ2n) is 5.71. The highest BCUT2D eigenvalue weighted by atomic mass is 35.5. The van der Waals surface area contributed by atoms with Gasteiger partial charge in [0.05, 0.1) is 6.54 Å². The largest absolute Gasteiger partial charge is 0.373 e. The van der Waals surface area contributed by atoms with E-state index in [4.69, 9.17) is 11.6 Å². The Morgan fingerprint density at radius 1 is 1.42 bits per heavy atom. The molecule has 1 aromatic carbocycles. The summed E-state index contributed by atoms with van der Waals surface area (Å²) in [6, 6.07) is 3.92. The summed E-state index contributed by atoms with van der Waals surface area (Å²) >= 11 is 5.75. The third-order valence-electron chi connectivity index (χ3n) is 4.02. The smallest absolute Gasteiger partial charge is 0.262 e. The lowest BCUT2D eigenvalue weighted by molar-refractivity contribution is -0.154. The summed E-state index contributed by atoms with van der Waals surface area (Å²) in [7, 11) is 1.43. The number of Topliss-reactive ketones (excluding diaryl/α,β-unsaturated/α-hetero) is 1. The Labute approximate surface area is 143 Å².